The van der Waals surface area contributed by atoms with Crippen molar-refractivity contribution in [1.29, 1.82) is 0 Å². The number of hydrogen-bond donors (Lipinski definition) is 4. The normalized spacial score (nSPS) is 20.8. The lowest BCUT2D eigenvalue weighted by atomic mass is 10.3. The van der Waals surface area contributed by atoms with Gasteiger partial charge in [0.15, 0.2) is 0 Å². The second-order valence-electron chi connectivity index (χ2n) is 4.91. The molecule has 0 aromatic rings. The predicted molar refractivity (Wildman–Crippen MR) is 75.4 cm³/mol. The number of rotatable bonds is 4. The molecule has 0 unspecified atom stereocenters. The predicted octanol–water partition coefficient (Wildman–Crippen LogP) is -2.65. The van der Waals surface area contributed by atoms with E-state index < -0.39 is 5.97 Å². The van der Waals surface area contributed by atoms with Crippen molar-refractivity contribution in [3.8, 4) is 0 Å². The first-order valence-electron chi connectivity index (χ1n) is 6.94. The molecule has 0 bridgehead atoms. The number of aliphatic carboxylic acids is 1. The minimum Gasteiger partial charge on any atom is -0.480 e. The number of amides is 1. The molecule has 0 saturated carbocycles. The Hall–Kier alpha value is -1.22. The number of nitrogens with two attached hydrogens (primary N) is 1. The fraction of sp³-hybridized carbons (Fsp3) is 0.833. The van der Waals surface area contributed by atoms with Crippen LogP contribution in [0, 0.1) is 0 Å². The molecule has 20 heavy (non-hydrogen) atoms. The molecule has 0 aromatic carbocycles. The highest BCUT2D eigenvalue weighted by Crippen LogP contribution is 1.93. The van der Waals surface area contributed by atoms with Crippen molar-refractivity contribution < 1.29 is 14.7 Å². The molecule has 0 atom stereocenters. The van der Waals surface area contributed by atoms with Crippen molar-refractivity contribution >= 4 is 11.9 Å². The third kappa shape index (κ3) is 8.05. The monoisotopic (exact) mass is 287 g/mol. The Kier molecular flexibility index (Phi) is 8.12. The Morgan fingerprint density at radius 3 is 1.85 bits per heavy atom. The standard InChI is InChI=1S/C12H25N5O3/c13-11(18)9-16-5-3-14-1-2-15-4-6-17(8-7-16)10-12(19)20/h14-15H,1-10H2,(H2,13,18)(H,19,20). The zero-order valence-corrected chi connectivity index (χ0v) is 11.8. The van der Waals surface area contributed by atoms with Crippen LogP contribution in [0.25, 0.3) is 0 Å². The Morgan fingerprint density at radius 1 is 0.900 bits per heavy atom. The zero-order valence-electron chi connectivity index (χ0n) is 11.8. The van der Waals surface area contributed by atoms with Crippen LogP contribution >= 0.6 is 0 Å². The van der Waals surface area contributed by atoms with Gasteiger partial charge in [0, 0.05) is 52.4 Å². The van der Waals surface area contributed by atoms with Crippen molar-refractivity contribution in [2.45, 2.75) is 0 Å². The van der Waals surface area contributed by atoms with Crippen LogP contribution in [0.15, 0.2) is 0 Å². The van der Waals surface area contributed by atoms with Crippen molar-refractivity contribution in [3.05, 3.63) is 0 Å². The van der Waals surface area contributed by atoms with Crippen LogP contribution in [-0.2, 0) is 9.59 Å². The summed E-state index contributed by atoms with van der Waals surface area (Å²) in [5.74, 6) is -1.19. The van der Waals surface area contributed by atoms with Crippen LogP contribution < -0.4 is 16.4 Å². The van der Waals surface area contributed by atoms with Gasteiger partial charge in [-0.25, -0.2) is 0 Å². The summed E-state index contributed by atoms with van der Waals surface area (Å²) >= 11 is 0. The van der Waals surface area contributed by atoms with Crippen LogP contribution in [0.4, 0.5) is 0 Å². The number of carboxylic acid groups (broad SMARTS) is 1. The Balaban J connectivity index is 2.52. The molecule has 1 amide bonds. The number of carboxylic acids is 1. The summed E-state index contributed by atoms with van der Waals surface area (Å²) in [6, 6.07) is 0. The number of nitrogens with one attached hydrogen (secondary N) is 2. The lowest BCUT2D eigenvalue weighted by Crippen LogP contribution is -2.46. The molecule has 1 rings (SSSR count). The second kappa shape index (κ2) is 9.65. The van der Waals surface area contributed by atoms with Crippen molar-refractivity contribution in [3.63, 3.8) is 0 Å². The summed E-state index contributed by atoms with van der Waals surface area (Å²) in [5, 5.41) is 15.5. The molecule has 0 aromatic heterocycles. The van der Waals surface area contributed by atoms with Gasteiger partial charge in [-0.05, 0) is 0 Å². The minimum atomic E-state index is -0.833. The lowest BCUT2D eigenvalue weighted by molar-refractivity contribution is -0.138. The van der Waals surface area contributed by atoms with E-state index in [0.717, 1.165) is 32.7 Å². The van der Waals surface area contributed by atoms with E-state index >= 15 is 0 Å². The summed E-state index contributed by atoms with van der Waals surface area (Å²) in [7, 11) is 0. The van der Waals surface area contributed by atoms with Crippen LogP contribution in [0.3, 0.4) is 0 Å². The second-order valence-corrected chi connectivity index (χ2v) is 4.91. The van der Waals surface area contributed by atoms with Gasteiger partial charge in [-0.15, -0.1) is 0 Å². The Bertz CT molecular complexity index is 283. The largest absolute Gasteiger partial charge is 0.480 e. The molecule has 0 aliphatic carbocycles. The quantitative estimate of drug-likeness (QED) is 0.447. The first kappa shape index (κ1) is 16.8. The van der Waals surface area contributed by atoms with E-state index in [2.05, 4.69) is 10.6 Å². The van der Waals surface area contributed by atoms with Crippen LogP contribution in [-0.4, -0.2) is 92.2 Å². The summed E-state index contributed by atoms with van der Waals surface area (Å²) in [6.45, 7) is 6.11. The highest BCUT2D eigenvalue weighted by molar-refractivity contribution is 5.75. The number of hydrogen-bond acceptors (Lipinski definition) is 6. The maximum absolute atomic E-state index is 11.0. The summed E-state index contributed by atoms with van der Waals surface area (Å²) < 4.78 is 0. The Morgan fingerprint density at radius 2 is 1.40 bits per heavy atom. The van der Waals surface area contributed by atoms with Crippen LogP contribution in [0.1, 0.15) is 0 Å². The molecular formula is C12H25N5O3. The fourth-order valence-electron chi connectivity index (χ4n) is 2.14. The van der Waals surface area contributed by atoms with Gasteiger partial charge < -0.3 is 21.5 Å². The van der Waals surface area contributed by atoms with E-state index in [1.165, 1.54) is 0 Å². The van der Waals surface area contributed by atoms with E-state index in [1.54, 1.807) is 0 Å². The molecule has 1 heterocycles. The molecule has 1 aliphatic heterocycles. The van der Waals surface area contributed by atoms with Gasteiger partial charge >= 0.3 is 5.97 Å². The SMILES string of the molecule is NC(=O)CN1CCNCCNCCN(CC(=O)O)CC1. The average Bonchev–Trinajstić information content (AvgIpc) is 2.34. The molecule has 0 spiro atoms. The van der Waals surface area contributed by atoms with Crippen LogP contribution in [0.2, 0.25) is 0 Å². The van der Waals surface area contributed by atoms with E-state index in [-0.39, 0.29) is 19.0 Å². The number of carbonyl (C=O) groups excluding carboxylic acids is 1. The Labute approximate surface area is 119 Å². The molecule has 116 valence electrons. The van der Waals surface area contributed by atoms with Gasteiger partial charge in [-0.1, -0.05) is 0 Å². The first-order chi connectivity index (χ1) is 9.58. The van der Waals surface area contributed by atoms with E-state index in [4.69, 9.17) is 10.8 Å². The first-order valence-corrected chi connectivity index (χ1v) is 6.94. The number of nitrogens with zero attached hydrogens (tertiary/aromatic N) is 2. The van der Waals surface area contributed by atoms with Crippen LogP contribution in [0.5, 0.6) is 0 Å². The van der Waals surface area contributed by atoms with Crippen molar-refractivity contribution in [2.75, 3.05) is 65.4 Å². The van der Waals surface area contributed by atoms with E-state index in [0.29, 0.717) is 19.6 Å². The van der Waals surface area contributed by atoms with Gasteiger partial charge in [-0.3, -0.25) is 19.4 Å². The third-order valence-electron chi connectivity index (χ3n) is 3.16. The zero-order chi connectivity index (χ0) is 14.8. The summed E-state index contributed by atoms with van der Waals surface area (Å²) in [5.41, 5.74) is 5.24. The third-order valence-corrected chi connectivity index (χ3v) is 3.16. The fourth-order valence-corrected chi connectivity index (χ4v) is 2.14. The molecule has 5 N–H and O–H groups in total. The van der Waals surface area contributed by atoms with Gasteiger partial charge in [0.05, 0.1) is 13.1 Å². The molecule has 1 fully saturated rings. The molecule has 1 aliphatic rings. The lowest BCUT2D eigenvalue weighted by Gasteiger charge is -2.27. The summed E-state index contributed by atoms with van der Waals surface area (Å²) in [6.07, 6.45) is 0. The smallest absolute Gasteiger partial charge is 0.317 e. The van der Waals surface area contributed by atoms with E-state index in [9.17, 15) is 9.59 Å². The van der Waals surface area contributed by atoms with Gasteiger partial charge in [0.2, 0.25) is 5.91 Å². The highest BCUT2D eigenvalue weighted by atomic mass is 16.4. The molecule has 0 radical (unpaired) electrons. The van der Waals surface area contributed by atoms with Gasteiger partial charge in [-0.2, -0.15) is 0 Å². The molecule has 1 saturated heterocycles. The molecule has 8 heteroatoms. The maximum atomic E-state index is 11.0. The minimum absolute atomic E-state index is 0.0182. The molecule has 8 nitrogen and oxygen atoms in total. The number of carbonyl (C=O) groups is 2. The number of primary amides is 1. The van der Waals surface area contributed by atoms with E-state index in [1.807, 2.05) is 9.80 Å². The molecular weight excluding hydrogens is 262 g/mol. The topological polar surface area (TPSA) is 111 Å². The highest BCUT2D eigenvalue weighted by Gasteiger charge is 2.14. The van der Waals surface area contributed by atoms with Gasteiger partial charge in [0.1, 0.15) is 0 Å². The van der Waals surface area contributed by atoms with Crippen molar-refractivity contribution in [2.24, 2.45) is 5.73 Å². The average molecular weight is 287 g/mol. The van der Waals surface area contributed by atoms with Gasteiger partial charge in [0.25, 0.3) is 0 Å². The maximum Gasteiger partial charge on any atom is 0.317 e. The van der Waals surface area contributed by atoms with Crippen molar-refractivity contribution in [1.82, 2.24) is 20.4 Å². The summed E-state index contributed by atoms with van der Waals surface area (Å²) in [4.78, 5) is 25.7.